The van der Waals surface area contributed by atoms with E-state index in [1.807, 2.05) is 0 Å². The lowest BCUT2D eigenvalue weighted by Crippen LogP contribution is -2.38. The zero-order valence-corrected chi connectivity index (χ0v) is 10.8. The Kier molecular flexibility index (Phi) is 6.15. The molecule has 0 aliphatic heterocycles. The standard InChI is InChI=1S/C10H9F6NO3.ClH/c11-9(12,13)8(19)7(17)5-3-4(1-2-6(5)18)20-10(14,15)16;/h1-3,7-8,18-19H,17H2;1H/t7-,8-;/m0./s1. The van der Waals surface area contributed by atoms with Crippen LogP contribution >= 0.6 is 12.4 Å². The number of ether oxygens (including phenoxy) is 1. The Labute approximate surface area is 120 Å². The molecule has 0 radical (unpaired) electrons. The maximum Gasteiger partial charge on any atom is 0.573 e. The maximum absolute atomic E-state index is 12.3. The van der Waals surface area contributed by atoms with Gasteiger partial charge in [0.25, 0.3) is 0 Å². The van der Waals surface area contributed by atoms with Gasteiger partial charge in [0.1, 0.15) is 11.5 Å². The second-order valence-electron chi connectivity index (χ2n) is 3.78. The number of phenolic OH excluding ortho intramolecular Hbond substituents is 1. The number of alkyl halides is 6. The fourth-order valence-corrected chi connectivity index (χ4v) is 1.37. The molecule has 0 spiro atoms. The summed E-state index contributed by atoms with van der Waals surface area (Å²) in [4.78, 5) is 0. The zero-order chi connectivity index (χ0) is 15.7. The molecule has 0 bridgehead atoms. The largest absolute Gasteiger partial charge is 0.573 e. The number of phenols is 1. The minimum absolute atomic E-state index is 0. The van der Waals surface area contributed by atoms with E-state index in [9.17, 15) is 31.4 Å². The SMILES string of the molecule is Cl.N[C@@H](c1cc(OC(F)(F)F)ccc1O)[C@H](O)C(F)(F)F. The first-order valence-corrected chi connectivity index (χ1v) is 5.01. The molecule has 1 aromatic carbocycles. The molecule has 0 aliphatic carbocycles. The first-order chi connectivity index (χ1) is 8.92. The first-order valence-electron chi connectivity index (χ1n) is 5.01. The first kappa shape index (κ1) is 19.6. The lowest BCUT2D eigenvalue weighted by molar-refractivity contribution is -0.274. The van der Waals surface area contributed by atoms with Crippen molar-refractivity contribution < 1.29 is 41.3 Å². The Balaban J connectivity index is 0.00000400. The molecule has 4 nitrogen and oxygen atoms in total. The molecule has 0 fully saturated rings. The van der Waals surface area contributed by atoms with Gasteiger partial charge in [0.15, 0.2) is 6.10 Å². The number of hydrogen-bond donors (Lipinski definition) is 3. The monoisotopic (exact) mass is 341 g/mol. The summed E-state index contributed by atoms with van der Waals surface area (Å²) in [5.74, 6) is -1.66. The van der Waals surface area contributed by atoms with E-state index in [1.165, 1.54) is 0 Å². The van der Waals surface area contributed by atoms with Crippen molar-refractivity contribution in [1.82, 2.24) is 0 Å². The topological polar surface area (TPSA) is 75.7 Å². The molecule has 122 valence electrons. The van der Waals surface area contributed by atoms with Crippen LogP contribution in [0.1, 0.15) is 11.6 Å². The van der Waals surface area contributed by atoms with Gasteiger partial charge >= 0.3 is 12.5 Å². The van der Waals surface area contributed by atoms with Crippen LogP contribution in [0.15, 0.2) is 18.2 Å². The van der Waals surface area contributed by atoms with Crippen molar-refractivity contribution in [1.29, 1.82) is 0 Å². The second-order valence-corrected chi connectivity index (χ2v) is 3.78. The summed E-state index contributed by atoms with van der Waals surface area (Å²) in [5.41, 5.74) is 4.37. The van der Waals surface area contributed by atoms with Gasteiger partial charge < -0.3 is 20.7 Å². The Hall–Kier alpha value is -1.39. The lowest BCUT2D eigenvalue weighted by Gasteiger charge is -2.22. The van der Waals surface area contributed by atoms with E-state index in [1.54, 1.807) is 0 Å². The van der Waals surface area contributed by atoms with Crippen LogP contribution in [0.4, 0.5) is 26.3 Å². The van der Waals surface area contributed by atoms with Crippen molar-refractivity contribution in [3.8, 4) is 11.5 Å². The second kappa shape index (κ2) is 6.58. The highest BCUT2D eigenvalue weighted by molar-refractivity contribution is 5.85. The normalized spacial score (nSPS) is 15.0. The molecule has 2 atom stereocenters. The van der Waals surface area contributed by atoms with Crippen molar-refractivity contribution in [3.63, 3.8) is 0 Å². The lowest BCUT2D eigenvalue weighted by atomic mass is 10.0. The van der Waals surface area contributed by atoms with Gasteiger partial charge in [-0.15, -0.1) is 25.6 Å². The third kappa shape index (κ3) is 5.48. The molecule has 21 heavy (non-hydrogen) atoms. The van der Waals surface area contributed by atoms with Crippen LogP contribution in [0, 0.1) is 0 Å². The molecular weight excluding hydrogens is 332 g/mol. The molecule has 1 rings (SSSR count). The van der Waals surface area contributed by atoms with Crippen molar-refractivity contribution in [2.45, 2.75) is 24.7 Å². The number of halogens is 7. The van der Waals surface area contributed by atoms with Gasteiger partial charge in [0.2, 0.25) is 0 Å². The average molecular weight is 342 g/mol. The predicted molar refractivity (Wildman–Crippen MR) is 61.0 cm³/mol. The van der Waals surface area contributed by atoms with E-state index >= 15 is 0 Å². The number of benzene rings is 1. The van der Waals surface area contributed by atoms with Crippen LogP contribution in [-0.4, -0.2) is 28.9 Å². The van der Waals surface area contributed by atoms with Crippen LogP contribution < -0.4 is 10.5 Å². The Morgan fingerprint density at radius 2 is 1.62 bits per heavy atom. The summed E-state index contributed by atoms with van der Waals surface area (Å²) in [7, 11) is 0. The molecule has 11 heteroatoms. The molecule has 4 N–H and O–H groups in total. The number of nitrogens with two attached hydrogens (primary N) is 1. The fraction of sp³-hybridized carbons (Fsp3) is 0.400. The van der Waals surface area contributed by atoms with Crippen LogP contribution in [0.3, 0.4) is 0 Å². The van der Waals surface area contributed by atoms with E-state index in [-0.39, 0.29) is 12.4 Å². The van der Waals surface area contributed by atoms with E-state index in [0.29, 0.717) is 18.2 Å². The van der Waals surface area contributed by atoms with E-state index in [2.05, 4.69) is 4.74 Å². The number of aliphatic hydroxyl groups is 1. The molecular formula is C10H10ClF6NO3. The number of aromatic hydroxyl groups is 1. The molecule has 0 amide bonds. The van der Waals surface area contributed by atoms with Gasteiger partial charge in [0, 0.05) is 5.56 Å². The molecule has 0 unspecified atom stereocenters. The van der Waals surface area contributed by atoms with Gasteiger partial charge in [-0.25, -0.2) is 0 Å². The molecule has 0 aliphatic rings. The molecule has 1 aromatic rings. The third-order valence-corrected chi connectivity index (χ3v) is 2.27. The van der Waals surface area contributed by atoms with Crippen molar-refractivity contribution >= 4 is 12.4 Å². The molecule has 0 heterocycles. The summed E-state index contributed by atoms with van der Waals surface area (Å²) < 4.78 is 76.2. The highest BCUT2D eigenvalue weighted by atomic mass is 35.5. The fourth-order valence-electron chi connectivity index (χ4n) is 1.37. The van der Waals surface area contributed by atoms with Gasteiger partial charge in [-0.05, 0) is 18.2 Å². The smallest absolute Gasteiger partial charge is 0.508 e. The van der Waals surface area contributed by atoms with Crippen molar-refractivity contribution in [2.24, 2.45) is 5.73 Å². The Bertz CT molecular complexity index is 479. The minimum Gasteiger partial charge on any atom is -0.508 e. The Morgan fingerprint density at radius 1 is 1.10 bits per heavy atom. The predicted octanol–water partition coefficient (Wildman–Crippen LogP) is 2.64. The van der Waals surface area contributed by atoms with Crippen LogP contribution in [0.25, 0.3) is 0 Å². The number of hydrogen-bond acceptors (Lipinski definition) is 4. The zero-order valence-electron chi connectivity index (χ0n) is 9.94. The van der Waals surface area contributed by atoms with Crippen molar-refractivity contribution in [3.05, 3.63) is 23.8 Å². The Morgan fingerprint density at radius 3 is 2.05 bits per heavy atom. The van der Waals surface area contributed by atoms with Crippen molar-refractivity contribution in [2.75, 3.05) is 0 Å². The quantitative estimate of drug-likeness (QED) is 0.739. The molecule has 0 saturated carbocycles. The molecule has 0 saturated heterocycles. The number of rotatable bonds is 3. The van der Waals surface area contributed by atoms with Crippen LogP contribution in [0.2, 0.25) is 0 Å². The van der Waals surface area contributed by atoms with E-state index < -0.39 is 41.7 Å². The number of aliphatic hydroxyl groups excluding tert-OH is 1. The maximum atomic E-state index is 12.3. The van der Waals surface area contributed by atoms with Gasteiger partial charge in [0.05, 0.1) is 6.04 Å². The van der Waals surface area contributed by atoms with Crippen LogP contribution in [0.5, 0.6) is 11.5 Å². The van der Waals surface area contributed by atoms with E-state index in [4.69, 9.17) is 10.8 Å². The summed E-state index contributed by atoms with van der Waals surface area (Å²) in [6.45, 7) is 0. The summed E-state index contributed by atoms with van der Waals surface area (Å²) >= 11 is 0. The highest BCUT2D eigenvalue weighted by Crippen LogP contribution is 2.35. The van der Waals surface area contributed by atoms with E-state index in [0.717, 1.165) is 0 Å². The third-order valence-electron chi connectivity index (χ3n) is 2.27. The van der Waals surface area contributed by atoms with Gasteiger partial charge in [-0.3, -0.25) is 0 Å². The highest BCUT2D eigenvalue weighted by Gasteiger charge is 2.43. The van der Waals surface area contributed by atoms with Gasteiger partial charge in [-0.2, -0.15) is 13.2 Å². The average Bonchev–Trinajstić information content (AvgIpc) is 2.26. The summed E-state index contributed by atoms with van der Waals surface area (Å²) in [6, 6.07) is -0.312. The molecule has 0 aromatic heterocycles. The van der Waals surface area contributed by atoms with Gasteiger partial charge in [-0.1, -0.05) is 0 Å². The summed E-state index contributed by atoms with van der Waals surface area (Å²) in [5, 5.41) is 18.3. The minimum atomic E-state index is -5.09. The summed E-state index contributed by atoms with van der Waals surface area (Å²) in [6.07, 6.45) is -13.2. The van der Waals surface area contributed by atoms with Crippen LogP contribution in [-0.2, 0) is 0 Å².